The molecule has 46 heavy (non-hydrogen) atoms. The molecule has 0 atom stereocenters. The van der Waals surface area contributed by atoms with Crippen molar-refractivity contribution < 1.29 is 8.83 Å². The van der Waals surface area contributed by atoms with Gasteiger partial charge in [-0.1, -0.05) is 140 Å². The number of fused-ring (bicyclic) bond motifs is 9. The van der Waals surface area contributed by atoms with E-state index in [0.29, 0.717) is 0 Å². The lowest BCUT2D eigenvalue weighted by molar-refractivity contribution is 0.634. The highest BCUT2D eigenvalue weighted by Crippen LogP contribution is 2.47. The van der Waals surface area contributed by atoms with E-state index >= 15 is 0 Å². The Labute approximate surface area is 264 Å². The van der Waals surface area contributed by atoms with Crippen LogP contribution in [0.25, 0.3) is 98.8 Å². The molecule has 2 aromatic heterocycles. The van der Waals surface area contributed by atoms with E-state index in [9.17, 15) is 0 Å². The highest BCUT2D eigenvalue weighted by molar-refractivity contribution is 6.25. The van der Waals surface area contributed by atoms with Gasteiger partial charge in [-0.15, -0.1) is 0 Å². The summed E-state index contributed by atoms with van der Waals surface area (Å²) in [4.78, 5) is 0. The van der Waals surface area contributed by atoms with Crippen molar-refractivity contribution in [1.82, 2.24) is 0 Å². The molecule has 0 N–H and O–H groups in total. The van der Waals surface area contributed by atoms with E-state index in [0.717, 1.165) is 49.4 Å². The second kappa shape index (κ2) is 9.69. The van der Waals surface area contributed by atoms with E-state index in [4.69, 9.17) is 8.83 Å². The molecule has 2 heteroatoms. The molecule has 10 aromatic rings. The molecule has 0 spiro atoms. The molecule has 2 heterocycles. The third kappa shape index (κ3) is 3.59. The van der Waals surface area contributed by atoms with Crippen molar-refractivity contribution in [2.45, 2.75) is 0 Å². The minimum atomic E-state index is 0.792. The third-order valence-electron chi connectivity index (χ3n) is 9.49. The van der Waals surface area contributed by atoms with Crippen molar-refractivity contribution >= 4 is 65.4 Å². The second-order valence-electron chi connectivity index (χ2n) is 12.0. The number of para-hydroxylation sites is 2. The predicted octanol–water partition coefficient (Wildman–Crippen LogP) is 12.8. The molecule has 214 valence electrons. The lowest BCUT2D eigenvalue weighted by atomic mass is 9.85. The first-order valence-corrected chi connectivity index (χ1v) is 15.7. The summed E-state index contributed by atoms with van der Waals surface area (Å²) in [5.41, 5.74) is 10.5. The Bertz CT molecular complexity index is 2720. The Balaban J connectivity index is 1.26. The van der Waals surface area contributed by atoms with Crippen LogP contribution < -0.4 is 0 Å². The largest absolute Gasteiger partial charge is 0.452 e. The van der Waals surface area contributed by atoms with Gasteiger partial charge < -0.3 is 8.83 Å². The van der Waals surface area contributed by atoms with Crippen molar-refractivity contribution in [3.63, 3.8) is 0 Å². The van der Waals surface area contributed by atoms with Crippen molar-refractivity contribution in [1.29, 1.82) is 0 Å². The lowest BCUT2D eigenvalue weighted by Gasteiger charge is -2.18. The van der Waals surface area contributed by atoms with Gasteiger partial charge in [0, 0.05) is 32.7 Å². The second-order valence-corrected chi connectivity index (χ2v) is 12.0. The van der Waals surface area contributed by atoms with Crippen LogP contribution >= 0.6 is 0 Å². The van der Waals surface area contributed by atoms with Crippen molar-refractivity contribution in [3.05, 3.63) is 158 Å². The van der Waals surface area contributed by atoms with E-state index in [1.807, 2.05) is 12.1 Å². The summed E-state index contributed by atoms with van der Waals surface area (Å²) in [6.07, 6.45) is 0. The molecule has 8 aromatic carbocycles. The molecule has 0 aliphatic rings. The maximum atomic E-state index is 6.86. The van der Waals surface area contributed by atoms with Crippen LogP contribution in [-0.2, 0) is 0 Å². The minimum Gasteiger partial charge on any atom is -0.452 e. The Hall–Kier alpha value is -6.12. The molecule has 0 unspecified atom stereocenters. The summed E-state index contributed by atoms with van der Waals surface area (Å²) in [6, 6.07) is 56.1. The fourth-order valence-electron chi connectivity index (χ4n) is 7.43. The zero-order valence-corrected chi connectivity index (χ0v) is 24.8. The van der Waals surface area contributed by atoms with Gasteiger partial charge in [-0.2, -0.15) is 0 Å². The maximum Gasteiger partial charge on any atom is 0.178 e. The fourth-order valence-corrected chi connectivity index (χ4v) is 7.43. The third-order valence-corrected chi connectivity index (χ3v) is 9.49. The number of hydrogen-bond acceptors (Lipinski definition) is 2. The van der Waals surface area contributed by atoms with Crippen LogP contribution in [-0.4, -0.2) is 0 Å². The Kier molecular flexibility index (Phi) is 5.31. The molecule has 0 aliphatic heterocycles. The average molecular weight is 587 g/mol. The summed E-state index contributed by atoms with van der Waals surface area (Å²) >= 11 is 0. The first kappa shape index (κ1) is 25.2. The van der Waals surface area contributed by atoms with E-state index in [1.54, 1.807) is 0 Å². The quantitative estimate of drug-likeness (QED) is 0.193. The van der Waals surface area contributed by atoms with Gasteiger partial charge in [0.05, 0.1) is 0 Å². The molecule has 10 rings (SSSR count). The van der Waals surface area contributed by atoms with E-state index in [2.05, 4.69) is 146 Å². The van der Waals surface area contributed by atoms with Crippen LogP contribution in [0.4, 0.5) is 0 Å². The van der Waals surface area contributed by atoms with Gasteiger partial charge in [0.25, 0.3) is 0 Å². The SMILES string of the molecule is c1ccc(-c2ccc(-c3c4ccccc4c(-c4cccc5c4oc4c5ccc5c6ccccc6oc54)c4ccccc34)cc2)cc1. The van der Waals surface area contributed by atoms with Crippen LogP contribution in [0.3, 0.4) is 0 Å². The van der Waals surface area contributed by atoms with Crippen LogP contribution in [0.15, 0.2) is 167 Å². The van der Waals surface area contributed by atoms with E-state index in [-0.39, 0.29) is 0 Å². The van der Waals surface area contributed by atoms with Gasteiger partial charge in [0.1, 0.15) is 11.2 Å². The first-order valence-electron chi connectivity index (χ1n) is 15.7. The van der Waals surface area contributed by atoms with Crippen LogP contribution in [0.5, 0.6) is 0 Å². The van der Waals surface area contributed by atoms with Crippen molar-refractivity contribution in [3.8, 4) is 33.4 Å². The number of rotatable bonds is 3. The molecule has 0 saturated carbocycles. The Morgan fingerprint density at radius 1 is 0.261 bits per heavy atom. The zero-order valence-electron chi connectivity index (χ0n) is 24.8. The van der Waals surface area contributed by atoms with Crippen molar-refractivity contribution in [2.24, 2.45) is 0 Å². The number of furan rings is 2. The molecule has 2 nitrogen and oxygen atoms in total. The number of hydrogen-bond donors (Lipinski definition) is 0. The molecule has 0 radical (unpaired) electrons. The maximum absolute atomic E-state index is 6.86. The molecule has 0 aliphatic carbocycles. The highest BCUT2D eigenvalue weighted by atomic mass is 16.4. The molecular weight excluding hydrogens is 560 g/mol. The van der Waals surface area contributed by atoms with Gasteiger partial charge >= 0.3 is 0 Å². The standard InChI is InChI=1S/C44H26O2/c1-2-11-27(12-3-1)28-21-23-29(24-22-28)40-31-14-4-6-16-33(31)41(34-17-7-5-15-32(34)40)38-19-10-18-35-37-26-25-36-30-13-8-9-20-39(30)45-43(36)44(37)46-42(35)38/h1-26H. The topological polar surface area (TPSA) is 26.3 Å². The number of benzene rings is 8. The normalized spacial score (nSPS) is 11.9. The van der Waals surface area contributed by atoms with Crippen LogP contribution in [0.1, 0.15) is 0 Å². The van der Waals surface area contributed by atoms with Gasteiger partial charge in [-0.3, -0.25) is 0 Å². The van der Waals surface area contributed by atoms with Gasteiger partial charge in [0.15, 0.2) is 11.2 Å². The van der Waals surface area contributed by atoms with Crippen LogP contribution in [0.2, 0.25) is 0 Å². The molecular formula is C44H26O2. The lowest BCUT2D eigenvalue weighted by Crippen LogP contribution is -1.91. The fraction of sp³-hybridized carbons (Fsp3) is 0. The average Bonchev–Trinajstić information content (AvgIpc) is 3.70. The van der Waals surface area contributed by atoms with E-state index in [1.165, 1.54) is 49.4 Å². The summed E-state index contributed by atoms with van der Waals surface area (Å²) in [5.74, 6) is 0. The smallest absolute Gasteiger partial charge is 0.178 e. The summed E-state index contributed by atoms with van der Waals surface area (Å²) in [7, 11) is 0. The highest BCUT2D eigenvalue weighted by Gasteiger charge is 2.22. The molecule has 0 bridgehead atoms. The molecule has 0 saturated heterocycles. The first-order chi connectivity index (χ1) is 22.8. The summed E-state index contributed by atoms with van der Waals surface area (Å²) in [5, 5.41) is 9.16. The van der Waals surface area contributed by atoms with Gasteiger partial charge in [-0.25, -0.2) is 0 Å². The van der Waals surface area contributed by atoms with Crippen molar-refractivity contribution in [2.75, 3.05) is 0 Å². The molecule has 0 fully saturated rings. The monoisotopic (exact) mass is 586 g/mol. The van der Waals surface area contributed by atoms with E-state index < -0.39 is 0 Å². The summed E-state index contributed by atoms with van der Waals surface area (Å²) in [6.45, 7) is 0. The van der Waals surface area contributed by atoms with Gasteiger partial charge in [0.2, 0.25) is 0 Å². The Morgan fingerprint density at radius 2 is 0.739 bits per heavy atom. The predicted molar refractivity (Wildman–Crippen MR) is 192 cm³/mol. The summed E-state index contributed by atoms with van der Waals surface area (Å²) < 4.78 is 13.2. The van der Waals surface area contributed by atoms with Crippen LogP contribution in [0, 0.1) is 0 Å². The Morgan fingerprint density at radius 3 is 1.43 bits per heavy atom. The van der Waals surface area contributed by atoms with Gasteiger partial charge in [-0.05, 0) is 62.0 Å². The zero-order chi connectivity index (χ0) is 30.2. The minimum absolute atomic E-state index is 0.792. The molecule has 0 amide bonds.